The Morgan fingerprint density at radius 3 is 3.00 bits per heavy atom. The molecule has 0 fully saturated rings. The van der Waals surface area contributed by atoms with Crippen molar-refractivity contribution < 1.29 is 9.53 Å². The number of aliphatic imine (C=N–C) groups is 1. The molecule has 98 valence electrons. The molecule has 1 rings (SSSR count). The third kappa shape index (κ3) is 5.41. The van der Waals surface area contributed by atoms with E-state index >= 15 is 0 Å². The lowest BCUT2D eigenvalue weighted by Gasteiger charge is -2.12. The third-order valence-electron chi connectivity index (χ3n) is 2.45. The van der Waals surface area contributed by atoms with Crippen molar-refractivity contribution in [2.75, 3.05) is 33.4 Å². The van der Waals surface area contributed by atoms with Gasteiger partial charge in [0.25, 0.3) is 0 Å². The van der Waals surface area contributed by atoms with Crippen LogP contribution in [0.1, 0.15) is 13.8 Å². The fourth-order valence-corrected chi connectivity index (χ4v) is 2.36. The van der Waals surface area contributed by atoms with Gasteiger partial charge >= 0.3 is 0 Å². The van der Waals surface area contributed by atoms with E-state index in [1.54, 1.807) is 18.9 Å². The van der Waals surface area contributed by atoms with E-state index in [1.165, 1.54) is 0 Å². The maximum Gasteiger partial charge on any atom is 0.239 e. The summed E-state index contributed by atoms with van der Waals surface area (Å²) in [5.74, 6) is 0.580. The molecule has 1 aliphatic rings. The summed E-state index contributed by atoms with van der Waals surface area (Å²) in [6.07, 6.45) is 0. The zero-order valence-corrected chi connectivity index (χ0v) is 11.5. The van der Waals surface area contributed by atoms with Gasteiger partial charge in [-0.2, -0.15) is 0 Å². The highest BCUT2D eigenvalue weighted by Crippen LogP contribution is 2.25. The van der Waals surface area contributed by atoms with Gasteiger partial charge in [0.1, 0.15) is 0 Å². The molecule has 0 aromatic carbocycles. The van der Waals surface area contributed by atoms with Crippen molar-refractivity contribution in [3.8, 4) is 0 Å². The van der Waals surface area contributed by atoms with Crippen LogP contribution in [0.3, 0.4) is 0 Å². The van der Waals surface area contributed by atoms with Gasteiger partial charge in [-0.3, -0.25) is 9.79 Å². The monoisotopic (exact) mass is 259 g/mol. The van der Waals surface area contributed by atoms with E-state index in [9.17, 15) is 4.79 Å². The number of amides is 1. The van der Waals surface area contributed by atoms with E-state index in [4.69, 9.17) is 4.74 Å². The fourth-order valence-electron chi connectivity index (χ4n) is 1.35. The summed E-state index contributed by atoms with van der Waals surface area (Å²) < 4.78 is 4.85. The molecule has 6 heteroatoms. The summed E-state index contributed by atoms with van der Waals surface area (Å²) in [5, 5.41) is 7.22. The first-order valence-electron chi connectivity index (χ1n) is 5.84. The molecule has 2 N–H and O–H groups in total. The molecule has 1 unspecified atom stereocenters. The van der Waals surface area contributed by atoms with Crippen molar-refractivity contribution in [3.63, 3.8) is 0 Å². The number of hydrogen-bond acceptors (Lipinski definition) is 5. The van der Waals surface area contributed by atoms with Crippen molar-refractivity contribution in [2.45, 2.75) is 19.1 Å². The van der Waals surface area contributed by atoms with Gasteiger partial charge in [0.05, 0.1) is 19.7 Å². The Bertz CT molecular complexity index is 282. The number of nitrogens with one attached hydrogen (secondary N) is 2. The summed E-state index contributed by atoms with van der Waals surface area (Å²) in [6.45, 7) is 6.58. The van der Waals surface area contributed by atoms with Crippen LogP contribution in [0.2, 0.25) is 0 Å². The predicted molar refractivity (Wildman–Crippen MR) is 71.4 cm³/mol. The first-order valence-corrected chi connectivity index (χ1v) is 6.72. The molecule has 5 nitrogen and oxygen atoms in total. The number of hydrogen-bond donors (Lipinski definition) is 2. The van der Waals surface area contributed by atoms with E-state index < -0.39 is 0 Å². The molecule has 1 atom stereocenters. The molecule has 0 aromatic heterocycles. The number of carbonyl (C=O) groups excluding carboxylic acids is 1. The molecule has 1 amide bonds. The summed E-state index contributed by atoms with van der Waals surface area (Å²) in [5.41, 5.74) is 0. The Labute approximate surface area is 107 Å². The molecule has 1 aliphatic heterocycles. The minimum Gasteiger partial charge on any atom is -0.383 e. The van der Waals surface area contributed by atoms with Crippen LogP contribution >= 0.6 is 11.8 Å². The van der Waals surface area contributed by atoms with Gasteiger partial charge in [-0.1, -0.05) is 25.6 Å². The molecule has 0 saturated carbocycles. The normalized spacial score (nSPS) is 19.3. The van der Waals surface area contributed by atoms with Gasteiger partial charge in [-0.25, -0.2) is 0 Å². The summed E-state index contributed by atoms with van der Waals surface area (Å²) in [4.78, 5) is 15.8. The van der Waals surface area contributed by atoms with Crippen LogP contribution in [0, 0.1) is 5.92 Å². The lowest BCUT2D eigenvalue weighted by Crippen LogP contribution is -2.37. The number of ether oxygens (including phenoxy) is 1. The number of methoxy groups -OCH3 is 1. The van der Waals surface area contributed by atoms with Crippen molar-refractivity contribution in [1.82, 2.24) is 10.6 Å². The molecule has 0 spiro atoms. The Morgan fingerprint density at radius 1 is 1.65 bits per heavy atom. The first-order chi connectivity index (χ1) is 8.13. The quantitative estimate of drug-likeness (QED) is 0.681. The lowest BCUT2D eigenvalue weighted by atomic mass is 10.1. The maximum absolute atomic E-state index is 11.4. The van der Waals surface area contributed by atoms with Crippen molar-refractivity contribution in [2.24, 2.45) is 10.9 Å². The average molecular weight is 259 g/mol. The Hall–Kier alpha value is -0.750. The lowest BCUT2D eigenvalue weighted by molar-refractivity contribution is -0.120. The van der Waals surface area contributed by atoms with Crippen LogP contribution in [0.5, 0.6) is 0 Å². The van der Waals surface area contributed by atoms with Gasteiger partial charge in [0.15, 0.2) is 5.17 Å². The zero-order valence-electron chi connectivity index (χ0n) is 10.7. The SMILES string of the molecule is COCCNC(=O)CNC1=NCC(C(C)C)S1. The van der Waals surface area contributed by atoms with Gasteiger partial charge < -0.3 is 15.4 Å². The number of amidine groups is 1. The number of carbonyl (C=O) groups is 1. The van der Waals surface area contributed by atoms with Crippen LogP contribution in [0.25, 0.3) is 0 Å². The van der Waals surface area contributed by atoms with Crippen LogP contribution in [-0.4, -0.2) is 49.7 Å². The smallest absolute Gasteiger partial charge is 0.239 e. The molecule has 0 bridgehead atoms. The predicted octanol–water partition coefficient (Wildman–Crippen LogP) is 0.466. The minimum absolute atomic E-state index is 0.0293. The van der Waals surface area contributed by atoms with Gasteiger partial charge in [-0.15, -0.1) is 0 Å². The topological polar surface area (TPSA) is 62.7 Å². The van der Waals surface area contributed by atoms with E-state index in [-0.39, 0.29) is 12.5 Å². The molecule has 1 heterocycles. The van der Waals surface area contributed by atoms with E-state index in [1.807, 2.05) is 0 Å². The molecule has 0 aromatic rings. The standard InChI is InChI=1S/C11H21N3O2S/c1-8(2)9-6-13-11(17-9)14-7-10(15)12-4-5-16-3/h8-9H,4-7H2,1-3H3,(H,12,15)(H,13,14). The van der Waals surface area contributed by atoms with Gasteiger partial charge in [-0.05, 0) is 5.92 Å². The number of rotatable bonds is 6. The van der Waals surface area contributed by atoms with Crippen molar-refractivity contribution in [3.05, 3.63) is 0 Å². The molecular formula is C11H21N3O2S. The molecule has 17 heavy (non-hydrogen) atoms. The van der Waals surface area contributed by atoms with Crippen LogP contribution in [0.4, 0.5) is 0 Å². The highest BCUT2D eigenvalue weighted by molar-refractivity contribution is 8.14. The zero-order chi connectivity index (χ0) is 12.7. The van der Waals surface area contributed by atoms with E-state index in [0.29, 0.717) is 24.3 Å². The second-order valence-corrected chi connectivity index (χ2v) is 5.47. The average Bonchev–Trinajstić information content (AvgIpc) is 2.75. The second kappa shape index (κ2) is 7.55. The second-order valence-electron chi connectivity index (χ2n) is 4.24. The minimum atomic E-state index is -0.0293. The van der Waals surface area contributed by atoms with Crippen LogP contribution in [0.15, 0.2) is 4.99 Å². The Kier molecular flexibility index (Phi) is 6.36. The van der Waals surface area contributed by atoms with E-state index in [2.05, 4.69) is 29.5 Å². The summed E-state index contributed by atoms with van der Waals surface area (Å²) in [6, 6.07) is 0. The first kappa shape index (κ1) is 14.3. The third-order valence-corrected chi connectivity index (χ3v) is 3.94. The van der Waals surface area contributed by atoms with Gasteiger partial charge in [0.2, 0.25) is 5.91 Å². The van der Waals surface area contributed by atoms with Crippen LogP contribution in [-0.2, 0) is 9.53 Å². The molecule has 0 saturated heterocycles. The maximum atomic E-state index is 11.4. The number of nitrogens with zero attached hydrogens (tertiary/aromatic N) is 1. The summed E-state index contributed by atoms with van der Waals surface area (Å²) in [7, 11) is 1.61. The van der Waals surface area contributed by atoms with E-state index in [0.717, 1.165) is 11.7 Å². The highest BCUT2D eigenvalue weighted by atomic mass is 32.2. The molecule has 0 radical (unpaired) electrons. The molecular weight excluding hydrogens is 238 g/mol. The Balaban J connectivity index is 2.13. The highest BCUT2D eigenvalue weighted by Gasteiger charge is 2.22. The fraction of sp³-hybridized carbons (Fsp3) is 0.818. The van der Waals surface area contributed by atoms with Crippen molar-refractivity contribution in [1.29, 1.82) is 0 Å². The summed E-state index contributed by atoms with van der Waals surface area (Å²) >= 11 is 1.72. The van der Waals surface area contributed by atoms with Gasteiger partial charge in [0, 0.05) is 18.9 Å². The van der Waals surface area contributed by atoms with Crippen molar-refractivity contribution >= 4 is 22.8 Å². The largest absolute Gasteiger partial charge is 0.383 e. The Morgan fingerprint density at radius 2 is 2.41 bits per heavy atom. The van der Waals surface area contributed by atoms with Crippen LogP contribution < -0.4 is 10.6 Å². The number of thioether (sulfide) groups is 1. The molecule has 0 aliphatic carbocycles.